The molecule has 1 aromatic carbocycles. The number of fused-ring (bicyclic) bond motifs is 2. The van der Waals surface area contributed by atoms with E-state index in [-0.39, 0.29) is 5.75 Å². The zero-order valence-corrected chi connectivity index (χ0v) is 12.9. The highest BCUT2D eigenvalue weighted by atomic mass is 16.5. The van der Waals surface area contributed by atoms with Gasteiger partial charge in [-0.15, -0.1) is 0 Å². The molecule has 0 saturated heterocycles. The maximum atomic E-state index is 9.91. The molecule has 2 saturated carbocycles. The van der Waals surface area contributed by atoms with E-state index >= 15 is 0 Å². The van der Waals surface area contributed by atoms with Crippen LogP contribution in [-0.4, -0.2) is 25.9 Å². The number of rotatable bonds is 6. The molecule has 2 aliphatic rings. The first kappa shape index (κ1) is 14.5. The average molecular weight is 291 g/mol. The van der Waals surface area contributed by atoms with Crippen LogP contribution in [0, 0.1) is 17.8 Å². The smallest absolute Gasteiger partial charge is 0.200 e. The predicted molar refractivity (Wildman–Crippen MR) is 81.9 cm³/mol. The van der Waals surface area contributed by atoms with Crippen molar-refractivity contribution in [3.63, 3.8) is 0 Å². The fourth-order valence-corrected chi connectivity index (χ4v) is 4.08. The Hall–Kier alpha value is -1.42. The van der Waals surface area contributed by atoms with E-state index in [1.807, 2.05) is 12.1 Å². The van der Waals surface area contributed by atoms with Crippen molar-refractivity contribution >= 4 is 0 Å². The lowest BCUT2D eigenvalue weighted by Gasteiger charge is -2.22. The number of hydrogen-bond donors (Lipinski definition) is 2. The van der Waals surface area contributed by atoms with Crippen LogP contribution in [0.2, 0.25) is 0 Å². The second-order valence-electron chi connectivity index (χ2n) is 6.41. The van der Waals surface area contributed by atoms with Gasteiger partial charge in [-0.2, -0.15) is 0 Å². The van der Waals surface area contributed by atoms with Crippen LogP contribution in [0.25, 0.3) is 0 Å². The zero-order valence-electron chi connectivity index (χ0n) is 12.9. The molecule has 2 fully saturated rings. The molecule has 2 aliphatic carbocycles. The summed E-state index contributed by atoms with van der Waals surface area (Å²) in [5.41, 5.74) is 1.07. The first-order chi connectivity index (χ1) is 10.2. The number of phenols is 1. The van der Waals surface area contributed by atoms with Crippen LogP contribution in [-0.2, 0) is 6.54 Å². The lowest BCUT2D eigenvalue weighted by atomic mass is 9.89. The minimum atomic E-state index is 0.0665. The van der Waals surface area contributed by atoms with E-state index in [1.165, 1.54) is 25.7 Å². The van der Waals surface area contributed by atoms with Gasteiger partial charge in [-0.25, -0.2) is 0 Å². The molecule has 2 bridgehead atoms. The predicted octanol–water partition coefficient (Wildman–Crippen LogP) is 2.94. The van der Waals surface area contributed by atoms with E-state index in [9.17, 15) is 5.11 Å². The minimum absolute atomic E-state index is 0.0665. The van der Waals surface area contributed by atoms with Crippen molar-refractivity contribution in [2.24, 2.45) is 17.8 Å². The molecule has 0 aliphatic heterocycles. The Morgan fingerprint density at radius 3 is 2.38 bits per heavy atom. The van der Waals surface area contributed by atoms with Crippen molar-refractivity contribution in [1.29, 1.82) is 0 Å². The summed E-state index contributed by atoms with van der Waals surface area (Å²) >= 11 is 0. The van der Waals surface area contributed by atoms with Gasteiger partial charge in [0.2, 0.25) is 5.75 Å². The molecule has 4 nitrogen and oxygen atoms in total. The molecule has 3 unspecified atom stereocenters. The van der Waals surface area contributed by atoms with Gasteiger partial charge in [-0.05, 0) is 61.3 Å². The molecule has 0 amide bonds. The molecule has 0 radical (unpaired) electrons. The summed E-state index contributed by atoms with van der Waals surface area (Å²) in [5, 5.41) is 13.5. The lowest BCUT2D eigenvalue weighted by Crippen LogP contribution is -2.26. The minimum Gasteiger partial charge on any atom is -0.502 e. The standard InChI is InChI=1S/C17H25NO3/c1-20-15-7-12(8-16(21-2)17(15)19)9-18-10-14-6-11-3-4-13(14)5-11/h7-8,11,13-14,18-19H,3-6,9-10H2,1-2H3. The summed E-state index contributed by atoms with van der Waals surface area (Å²) in [6, 6.07) is 3.73. The maximum Gasteiger partial charge on any atom is 0.200 e. The Morgan fingerprint density at radius 2 is 1.86 bits per heavy atom. The quantitative estimate of drug-likeness (QED) is 0.846. The molecule has 1 aromatic rings. The first-order valence-electron chi connectivity index (χ1n) is 7.85. The summed E-state index contributed by atoms with van der Waals surface area (Å²) in [6.45, 7) is 1.87. The van der Waals surface area contributed by atoms with Crippen LogP contribution < -0.4 is 14.8 Å². The van der Waals surface area contributed by atoms with Crippen molar-refractivity contribution in [3.8, 4) is 17.2 Å². The SMILES string of the molecule is COc1cc(CNCC2CC3CCC2C3)cc(OC)c1O. The maximum absolute atomic E-state index is 9.91. The second kappa shape index (κ2) is 6.14. The molecule has 116 valence electrons. The number of methoxy groups -OCH3 is 2. The van der Waals surface area contributed by atoms with E-state index in [1.54, 1.807) is 14.2 Å². The van der Waals surface area contributed by atoms with Crippen LogP contribution >= 0.6 is 0 Å². The highest BCUT2D eigenvalue weighted by molar-refractivity contribution is 5.52. The lowest BCUT2D eigenvalue weighted by molar-refractivity contribution is 0.317. The van der Waals surface area contributed by atoms with Crippen LogP contribution in [0.5, 0.6) is 17.2 Å². The molecule has 2 N–H and O–H groups in total. The van der Waals surface area contributed by atoms with Crippen molar-refractivity contribution in [2.75, 3.05) is 20.8 Å². The van der Waals surface area contributed by atoms with Gasteiger partial charge >= 0.3 is 0 Å². The van der Waals surface area contributed by atoms with Gasteiger partial charge in [-0.3, -0.25) is 0 Å². The third-order valence-corrected chi connectivity index (χ3v) is 5.16. The van der Waals surface area contributed by atoms with Crippen molar-refractivity contribution in [3.05, 3.63) is 17.7 Å². The van der Waals surface area contributed by atoms with Gasteiger partial charge in [0.15, 0.2) is 11.5 Å². The average Bonchev–Trinajstić information content (AvgIpc) is 3.11. The van der Waals surface area contributed by atoms with Crippen molar-refractivity contribution in [2.45, 2.75) is 32.2 Å². The summed E-state index contributed by atoms with van der Waals surface area (Å²) in [7, 11) is 3.11. The van der Waals surface area contributed by atoms with E-state index in [4.69, 9.17) is 9.47 Å². The molecule has 0 spiro atoms. The van der Waals surface area contributed by atoms with Gasteiger partial charge < -0.3 is 19.9 Å². The Kier molecular flexibility index (Phi) is 4.24. The summed E-state index contributed by atoms with van der Waals surface area (Å²) < 4.78 is 10.4. The number of nitrogens with one attached hydrogen (secondary N) is 1. The fraction of sp³-hybridized carbons (Fsp3) is 0.647. The molecule has 4 heteroatoms. The summed E-state index contributed by atoms with van der Waals surface area (Å²) in [6.07, 6.45) is 5.73. The topological polar surface area (TPSA) is 50.7 Å². The molecule has 3 rings (SSSR count). The molecule has 3 atom stereocenters. The number of hydrogen-bond acceptors (Lipinski definition) is 4. The van der Waals surface area contributed by atoms with Gasteiger partial charge in [0.25, 0.3) is 0 Å². The van der Waals surface area contributed by atoms with Gasteiger partial charge in [0.05, 0.1) is 14.2 Å². The Balaban J connectivity index is 1.57. The van der Waals surface area contributed by atoms with Crippen LogP contribution in [0.4, 0.5) is 0 Å². The van der Waals surface area contributed by atoms with E-state index < -0.39 is 0 Å². The number of aromatic hydroxyl groups is 1. The number of ether oxygens (including phenoxy) is 2. The molecular weight excluding hydrogens is 266 g/mol. The van der Waals surface area contributed by atoms with Crippen LogP contribution in [0.3, 0.4) is 0 Å². The van der Waals surface area contributed by atoms with Crippen LogP contribution in [0.15, 0.2) is 12.1 Å². The molecular formula is C17H25NO3. The van der Waals surface area contributed by atoms with E-state index in [0.29, 0.717) is 11.5 Å². The summed E-state index contributed by atoms with van der Waals surface area (Å²) in [4.78, 5) is 0. The summed E-state index contributed by atoms with van der Waals surface area (Å²) in [5.74, 6) is 3.79. The molecule has 0 aromatic heterocycles. The fourth-order valence-electron chi connectivity index (χ4n) is 4.08. The van der Waals surface area contributed by atoms with E-state index in [0.717, 1.165) is 36.4 Å². The van der Waals surface area contributed by atoms with Crippen molar-refractivity contribution in [1.82, 2.24) is 5.32 Å². The molecule has 0 heterocycles. The Bertz CT molecular complexity index is 478. The Labute approximate surface area is 126 Å². The van der Waals surface area contributed by atoms with Gasteiger partial charge in [0, 0.05) is 6.54 Å². The van der Waals surface area contributed by atoms with Gasteiger partial charge in [-0.1, -0.05) is 6.42 Å². The van der Waals surface area contributed by atoms with Crippen LogP contribution in [0.1, 0.15) is 31.2 Å². The second-order valence-corrected chi connectivity index (χ2v) is 6.41. The third kappa shape index (κ3) is 2.95. The largest absolute Gasteiger partial charge is 0.502 e. The Morgan fingerprint density at radius 1 is 1.14 bits per heavy atom. The first-order valence-corrected chi connectivity index (χ1v) is 7.85. The van der Waals surface area contributed by atoms with E-state index in [2.05, 4.69) is 5.32 Å². The van der Waals surface area contributed by atoms with Gasteiger partial charge in [0.1, 0.15) is 0 Å². The normalized spacial score (nSPS) is 27.0. The zero-order chi connectivity index (χ0) is 14.8. The highest BCUT2D eigenvalue weighted by Gasteiger charge is 2.38. The molecule has 21 heavy (non-hydrogen) atoms. The monoisotopic (exact) mass is 291 g/mol. The highest BCUT2D eigenvalue weighted by Crippen LogP contribution is 2.48. The third-order valence-electron chi connectivity index (χ3n) is 5.16. The number of benzene rings is 1. The van der Waals surface area contributed by atoms with Crippen molar-refractivity contribution < 1.29 is 14.6 Å². The number of phenolic OH excluding ortho intramolecular Hbond substituents is 1.